The third-order valence-corrected chi connectivity index (χ3v) is 4.36. The van der Waals surface area contributed by atoms with Crippen LogP contribution < -0.4 is 10.6 Å². The van der Waals surface area contributed by atoms with Crippen molar-refractivity contribution in [3.05, 3.63) is 35.4 Å². The van der Waals surface area contributed by atoms with Crippen LogP contribution in [-0.2, 0) is 16.3 Å². The van der Waals surface area contributed by atoms with E-state index in [1.54, 1.807) is 13.2 Å². The van der Waals surface area contributed by atoms with E-state index in [1.165, 1.54) is 12.1 Å². The predicted octanol–water partition coefficient (Wildman–Crippen LogP) is 3.33. The van der Waals surface area contributed by atoms with Gasteiger partial charge in [-0.3, -0.25) is 4.99 Å². The largest absolute Gasteiger partial charge is 0.416 e. The molecule has 1 aromatic rings. The Kier molecular flexibility index (Phi) is 6.70. The van der Waals surface area contributed by atoms with Crippen molar-refractivity contribution >= 4 is 5.96 Å². The molecule has 0 unspecified atom stereocenters. The molecule has 1 aliphatic rings. The van der Waals surface area contributed by atoms with Crippen LogP contribution in [0.3, 0.4) is 0 Å². The lowest BCUT2D eigenvalue weighted by Crippen LogP contribution is -2.38. The van der Waals surface area contributed by atoms with E-state index in [9.17, 15) is 13.2 Å². The van der Waals surface area contributed by atoms with Crippen LogP contribution in [0.1, 0.15) is 37.3 Å². The Morgan fingerprint density at radius 1 is 1.28 bits per heavy atom. The summed E-state index contributed by atoms with van der Waals surface area (Å²) in [6.45, 7) is 4.59. The molecule has 0 heterocycles. The number of rotatable bonds is 8. The first-order valence-corrected chi connectivity index (χ1v) is 8.60. The molecule has 2 N–H and O–H groups in total. The zero-order valence-corrected chi connectivity index (χ0v) is 14.7. The minimum absolute atomic E-state index is 0.268. The number of benzene rings is 1. The maximum absolute atomic E-state index is 12.9. The van der Waals surface area contributed by atoms with E-state index in [-0.39, 0.29) is 5.41 Å². The summed E-state index contributed by atoms with van der Waals surface area (Å²) in [6, 6.07) is 5.64. The lowest BCUT2D eigenvalue weighted by Gasteiger charge is -2.17. The zero-order chi connectivity index (χ0) is 18.3. The Bertz CT molecular complexity index is 583. The van der Waals surface area contributed by atoms with Crippen molar-refractivity contribution in [2.24, 2.45) is 4.99 Å². The van der Waals surface area contributed by atoms with Gasteiger partial charge >= 0.3 is 6.18 Å². The number of halogens is 3. The van der Waals surface area contributed by atoms with Crippen LogP contribution in [0.15, 0.2) is 29.3 Å². The molecule has 1 aromatic carbocycles. The quantitative estimate of drug-likeness (QED) is 0.426. The molecule has 4 nitrogen and oxygen atoms in total. The van der Waals surface area contributed by atoms with Crippen LogP contribution in [-0.4, -0.2) is 39.3 Å². The molecule has 140 valence electrons. The first-order valence-electron chi connectivity index (χ1n) is 8.60. The standard InChI is InChI=1S/C18H26F3N3O/c1-3-22-16(23-10-5-11-25-2)24-13-17(8-9-17)14-6-4-7-15(12-14)18(19,20)21/h4,6-7,12H,3,5,8-11,13H2,1-2H3,(H2,22,23,24). The van der Waals surface area contributed by atoms with Crippen molar-refractivity contribution in [1.82, 2.24) is 10.6 Å². The summed E-state index contributed by atoms with van der Waals surface area (Å²) in [5.74, 6) is 0.692. The lowest BCUT2D eigenvalue weighted by molar-refractivity contribution is -0.137. The number of aliphatic imine (C=N–C) groups is 1. The van der Waals surface area contributed by atoms with Crippen molar-refractivity contribution in [3.63, 3.8) is 0 Å². The molecule has 1 saturated carbocycles. The summed E-state index contributed by atoms with van der Waals surface area (Å²) in [5, 5.41) is 6.39. The van der Waals surface area contributed by atoms with Crippen molar-refractivity contribution in [3.8, 4) is 0 Å². The molecule has 1 fully saturated rings. The molecule has 2 rings (SSSR count). The maximum atomic E-state index is 12.9. The highest BCUT2D eigenvalue weighted by Crippen LogP contribution is 2.49. The molecule has 25 heavy (non-hydrogen) atoms. The maximum Gasteiger partial charge on any atom is 0.416 e. The van der Waals surface area contributed by atoms with Crippen LogP contribution >= 0.6 is 0 Å². The summed E-state index contributed by atoms with van der Waals surface area (Å²) in [7, 11) is 1.66. The van der Waals surface area contributed by atoms with Crippen LogP contribution in [0.2, 0.25) is 0 Å². The van der Waals surface area contributed by atoms with Gasteiger partial charge in [0.05, 0.1) is 12.1 Å². The van der Waals surface area contributed by atoms with Crippen LogP contribution in [0.25, 0.3) is 0 Å². The fourth-order valence-corrected chi connectivity index (χ4v) is 2.71. The van der Waals surface area contributed by atoms with Gasteiger partial charge in [-0.2, -0.15) is 13.2 Å². The number of methoxy groups -OCH3 is 1. The number of hydrogen-bond acceptors (Lipinski definition) is 2. The summed E-state index contributed by atoms with van der Waals surface area (Å²) in [5.41, 5.74) is -0.137. The van der Waals surface area contributed by atoms with Gasteiger partial charge in [-0.15, -0.1) is 0 Å². The van der Waals surface area contributed by atoms with E-state index in [2.05, 4.69) is 15.6 Å². The van der Waals surface area contributed by atoms with Crippen LogP contribution in [0, 0.1) is 0 Å². The molecule has 7 heteroatoms. The van der Waals surface area contributed by atoms with Gasteiger partial charge in [-0.05, 0) is 37.8 Å². The first-order chi connectivity index (χ1) is 11.9. The number of ether oxygens (including phenoxy) is 1. The number of nitrogens with one attached hydrogen (secondary N) is 2. The van der Waals surface area contributed by atoms with Crippen molar-refractivity contribution < 1.29 is 17.9 Å². The van der Waals surface area contributed by atoms with Gasteiger partial charge in [0.2, 0.25) is 0 Å². The zero-order valence-electron chi connectivity index (χ0n) is 14.7. The predicted molar refractivity (Wildman–Crippen MR) is 92.8 cm³/mol. The number of alkyl halides is 3. The molecule has 1 aliphatic carbocycles. The van der Waals surface area contributed by atoms with Gasteiger partial charge in [0.15, 0.2) is 5.96 Å². The summed E-state index contributed by atoms with van der Waals surface area (Å²) >= 11 is 0. The molecule has 0 amide bonds. The smallest absolute Gasteiger partial charge is 0.385 e. The van der Waals surface area contributed by atoms with Gasteiger partial charge in [-0.25, -0.2) is 0 Å². The molecule has 0 radical (unpaired) electrons. The van der Waals surface area contributed by atoms with Crippen molar-refractivity contribution in [2.75, 3.05) is 33.4 Å². The number of guanidine groups is 1. The first kappa shape index (κ1) is 19.6. The van der Waals surface area contributed by atoms with E-state index < -0.39 is 11.7 Å². The Hall–Kier alpha value is -1.76. The van der Waals surface area contributed by atoms with Gasteiger partial charge < -0.3 is 15.4 Å². The lowest BCUT2D eigenvalue weighted by atomic mass is 9.94. The van der Waals surface area contributed by atoms with E-state index >= 15 is 0 Å². The highest BCUT2D eigenvalue weighted by atomic mass is 19.4. The summed E-state index contributed by atoms with van der Waals surface area (Å²) in [6.07, 6.45) is -1.73. The third kappa shape index (κ3) is 5.63. The summed E-state index contributed by atoms with van der Waals surface area (Å²) in [4.78, 5) is 4.59. The second-order valence-electron chi connectivity index (χ2n) is 6.33. The minimum atomic E-state index is -4.31. The molecule has 0 aliphatic heterocycles. The van der Waals surface area contributed by atoms with Gasteiger partial charge in [0.1, 0.15) is 0 Å². The second kappa shape index (κ2) is 8.56. The van der Waals surface area contributed by atoms with E-state index in [1.807, 2.05) is 6.92 Å². The number of hydrogen-bond donors (Lipinski definition) is 2. The normalized spacial score (nSPS) is 16.6. The number of nitrogens with zero attached hydrogens (tertiary/aromatic N) is 1. The fourth-order valence-electron chi connectivity index (χ4n) is 2.71. The molecular formula is C18H26F3N3O. The average Bonchev–Trinajstić information content (AvgIpc) is 3.37. The average molecular weight is 357 g/mol. The fraction of sp³-hybridized carbons (Fsp3) is 0.611. The van der Waals surface area contributed by atoms with E-state index in [0.29, 0.717) is 19.1 Å². The molecule has 0 spiro atoms. The van der Waals surface area contributed by atoms with Crippen molar-refractivity contribution in [1.29, 1.82) is 0 Å². The van der Waals surface area contributed by atoms with Gasteiger partial charge in [0.25, 0.3) is 0 Å². The van der Waals surface area contributed by atoms with Crippen LogP contribution in [0.4, 0.5) is 13.2 Å². The monoisotopic (exact) mass is 357 g/mol. The molecule has 0 saturated heterocycles. The molecule has 0 atom stereocenters. The summed E-state index contributed by atoms with van der Waals surface area (Å²) < 4.78 is 43.8. The Labute approximate surface area is 146 Å². The molecule has 0 bridgehead atoms. The van der Waals surface area contributed by atoms with Gasteiger partial charge in [-0.1, -0.05) is 18.2 Å². The minimum Gasteiger partial charge on any atom is -0.385 e. The Morgan fingerprint density at radius 2 is 2.04 bits per heavy atom. The Morgan fingerprint density at radius 3 is 2.64 bits per heavy atom. The molecular weight excluding hydrogens is 331 g/mol. The van der Waals surface area contributed by atoms with E-state index in [4.69, 9.17) is 4.74 Å². The highest BCUT2D eigenvalue weighted by molar-refractivity contribution is 5.79. The SMILES string of the molecule is CCNC(=NCC1(c2cccc(C(F)(F)F)c2)CC1)NCCCOC. The van der Waals surface area contributed by atoms with Crippen LogP contribution in [0.5, 0.6) is 0 Å². The van der Waals surface area contributed by atoms with Gasteiger partial charge in [0, 0.05) is 32.2 Å². The highest BCUT2D eigenvalue weighted by Gasteiger charge is 2.45. The van der Waals surface area contributed by atoms with E-state index in [0.717, 1.165) is 44.0 Å². The molecule has 0 aromatic heterocycles. The van der Waals surface area contributed by atoms with Crippen molar-refractivity contribution in [2.45, 2.75) is 37.8 Å². The second-order valence-corrected chi connectivity index (χ2v) is 6.33. The third-order valence-electron chi connectivity index (χ3n) is 4.36. The Balaban J connectivity index is 2.04. The topological polar surface area (TPSA) is 45.7 Å².